The van der Waals surface area contributed by atoms with Crippen molar-refractivity contribution >= 4 is 33.1 Å². The maximum Gasteiger partial charge on any atom is 0.411 e. The van der Waals surface area contributed by atoms with Crippen molar-refractivity contribution in [3.63, 3.8) is 0 Å². The average molecular weight is 601 g/mol. The maximum atomic E-state index is 15.3. The highest BCUT2D eigenvalue weighted by Gasteiger charge is 2.31. The molecule has 1 heterocycles. The number of hydrogen-bond donors (Lipinski definition) is 4. The Hall–Kier alpha value is -2.16. The summed E-state index contributed by atoms with van der Waals surface area (Å²) in [5, 5.41) is 16.2. The predicted molar refractivity (Wildman–Crippen MR) is 153 cm³/mol. The first-order valence-electron chi connectivity index (χ1n) is 13.5. The van der Waals surface area contributed by atoms with Crippen molar-refractivity contribution in [3.8, 4) is 10.4 Å². The first kappa shape index (κ1) is 32.4. The number of carbonyl (C=O) groups is 1. The van der Waals surface area contributed by atoms with Gasteiger partial charge in [-0.15, -0.1) is 11.3 Å². The van der Waals surface area contributed by atoms with Crippen LogP contribution in [0.1, 0.15) is 85.1 Å². The number of nitrogens with one attached hydrogen (secondary N) is 3. The Kier molecular flexibility index (Phi) is 10.7. The van der Waals surface area contributed by atoms with Gasteiger partial charge in [0.15, 0.2) is 0 Å². The molecule has 0 bridgehead atoms. The number of rotatable bonds is 10. The van der Waals surface area contributed by atoms with E-state index >= 15 is 4.39 Å². The summed E-state index contributed by atoms with van der Waals surface area (Å²) in [6.45, 7) is 12.2. The van der Waals surface area contributed by atoms with E-state index in [-0.39, 0.29) is 45.2 Å². The van der Waals surface area contributed by atoms with Gasteiger partial charge in [-0.3, -0.25) is 10.6 Å². The number of thiazole rings is 1. The molecule has 1 amide bonds. The fourth-order valence-corrected chi connectivity index (χ4v) is 7.37. The lowest BCUT2D eigenvalue weighted by atomic mass is 9.86. The summed E-state index contributed by atoms with van der Waals surface area (Å²) in [5.41, 5.74) is -0.443. The molecule has 0 saturated heterocycles. The number of amides is 1. The number of aliphatic hydroxyl groups excluding tert-OH is 1. The molecule has 1 aliphatic carbocycles. The van der Waals surface area contributed by atoms with Crippen LogP contribution in [0.4, 0.5) is 14.9 Å². The first-order chi connectivity index (χ1) is 18.5. The zero-order valence-electron chi connectivity index (χ0n) is 24.1. The van der Waals surface area contributed by atoms with Crippen molar-refractivity contribution < 1.29 is 32.2 Å². The van der Waals surface area contributed by atoms with Crippen LogP contribution in [0.5, 0.6) is 0 Å². The number of ether oxygens (including phenoxy) is 2. The van der Waals surface area contributed by atoms with Crippen molar-refractivity contribution in [3.05, 3.63) is 29.2 Å². The molecule has 0 radical (unpaired) electrons. The van der Waals surface area contributed by atoms with Crippen molar-refractivity contribution in [2.75, 3.05) is 5.32 Å². The molecule has 0 spiro atoms. The summed E-state index contributed by atoms with van der Waals surface area (Å²) in [7, 11) is -4.11. The summed E-state index contributed by atoms with van der Waals surface area (Å²) in [4.78, 5) is 16.3. The highest BCUT2D eigenvalue weighted by molar-refractivity contribution is 7.89. The van der Waals surface area contributed by atoms with E-state index in [0.717, 1.165) is 37.0 Å². The summed E-state index contributed by atoms with van der Waals surface area (Å²) in [6.07, 6.45) is 0.724. The second kappa shape index (κ2) is 13.2. The third-order valence-corrected chi connectivity index (χ3v) is 9.03. The Morgan fingerprint density at radius 2 is 1.77 bits per heavy atom. The molecule has 1 aliphatic rings. The van der Waals surface area contributed by atoms with E-state index in [1.807, 2.05) is 13.8 Å². The Morgan fingerprint density at radius 3 is 2.35 bits per heavy atom. The average Bonchev–Trinajstić information content (AvgIpc) is 3.18. The molecule has 224 valence electrons. The molecule has 13 heteroatoms. The zero-order valence-corrected chi connectivity index (χ0v) is 25.7. The number of aliphatic hydroxyl groups is 1. The molecule has 0 aliphatic heterocycles. The topological polar surface area (TPSA) is 139 Å². The molecule has 10 nitrogen and oxygen atoms in total. The van der Waals surface area contributed by atoms with Crippen LogP contribution in [-0.2, 0) is 19.5 Å². The van der Waals surface area contributed by atoms with E-state index in [0.29, 0.717) is 5.01 Å². The Balaban J connectivity index is 1.87. The van der Waals surface area contributed by atoms with Crippen LogP contribution in [-0.4, -0.2) is 54.8 Å². The monoisotopic (exact) mass is 600 g/mol. The van der Waals surface area contributed by atoms with E-state index < -0.39 is 34.0 Å². The Morgan fingerprint density at radius 1 is 1.12 bits per heavy atom. The molecular weight excluding hydrogens is 559 g/mol. The number of benzene rings is 1. The SMILES string of the molecule is CC(C)OC(=O)Nc1ccc(-c2sc(C3CCC(NC(O)OC(C)C)CC3)nc2F)c(S(=O)(=O)NC(C)(C)C)c1. The normalized spacial score (nSPS) is 19.2. The second-order valence-corrected chi connectivity index (χ2v) is 14.3. The largest absolute Gasteiger partial charge is 0.447 e. The van der Waals surface area contributed by atoms with Crippen molar-refractivity contribution in [2.24, 2.45) is 0 Å². The zero-order chi connectivity index (χ0) is 29.8. The Bertz CT molecular complexity index is 1270. The second-order valence-electron chi connectivity index (χ2n) is 11.6. The summed E-state index contributed by atoms with van der Waals surface area (Å²) >= 11 is 1.13. The fourth-order valence-electron chi connectivity index (χ4n) is 4.49. The standard InChI is InChI=1S/C27H41FN4O6S2/c1-15(2)37-25(33)29-18-10-8-17(9-11-18)24-31-23(28)22(39-24)20-13-12-19(30-26(34)38-16(3)4)14-21(20)40(35,36)32-27(5,6)7/h12-18,25,29,32-33H,8-11H2,1-7H3,(H,30,34). The van der Waals surface area contributed by atoms with Crippen LogP contribution in [0.2, 0.25) is 0 Å². The molecule has 3 rings (SSSR count). The van der Waals surface area contributed by atoms with Gasteiger partial charge in [0, 0.05) is 28.7 Å². The molecular formula is C27H41FN4O6S2. The molecule has 4 N–H and O–H groups in total. The fraction of sp³-hybridized carbons (Fsp3) is 0.630. The van der Waals surface area contributed by atoms with Gasteiger partial charge in [-0.05, 0) is 92.3 Å². The van der Waals surface area contributed by atoms with Gasteiger partial charge in [-0.25, -0.2) is 22.9 Å². The van der Waals surface area contributed by atoms with E-state index in [1.165, 1.54) is 18.2 Å². The number of carbonyl (C=O) groups excluding carboxylic acids is 1. The number of halogens is 1. The number of hydrogen-bond acceptors (Lipinski definition) is 9. The molecule has 1 saturated carbocycles. The summed E-state index contributed by atoms with van der Waals surface area (Å²) in [6, 6.07) is 4.34. The van der Waals surface area contributed by atoms with Gasteiger partial charge in [0.1, 0.15) is 0 Å². The van der Waals surface area contributed by atoms with Gasteiger partial charge < -0.3 is 14.6 Å². The molecule has 1 unspecified atom stereocenters. The first-order valence-corrected chi connectivity index (χ1v) is 15.8. The third kappa shape index (κ3) is 9.18. The van der Waals surface area contributed by atoms with E-state index in [9.17, 15) is 18.3 Å². The van der Waals surface area contributed by atoms with Gasteiger partial charge in [-0.1, -0.05) is 0 Å². The van der Waals surface area contributed by atoms with E-state index in [2.05, 4.69) is 20.3 Å². The lowest BCUT2D eigenvalue weighted by molar-refractivity contribution is -0.150. The smallest absolute Gasteiger partial charge is 0.411 e. The van der Waals surface area contributed by atoms with Crippen molar-refractivity contribution in [2.45, 2.75) is 115 Å². The number of nitrogens with zero attached hydrogens (tertiary/aromatic N) is 1. The minimum absolute atomic E-state index is 0.00830. The summed E-state index contributed by atoms with van der Waals surface area (Å²) in [5.74, 6) is -0.734. The third-order valence-electron chi connectivity index (χ3n) is 6.00. The highest BCUT2D eigenvalue weighted by Crippen LogP contribution is 2.41. The highest BCUT2D eigenvalue weighted by atomic mass is 32.2. The molecule has 2 aromatic rings. The molecule has 1 fully saturated rings. The number of anilines is 1. The van der Waals surface area contributed by atoms with Crippen LogP contribution in [0, 0.1) is 5.95 Å². The van der Waals surface area contributed by atoms with Gasteiger partial charge >= 0.3 is 6.09 Å². The Labute approximate surface area is 240 Å². The van der Waals surface area contributed by atoms with E-state index in [1.54, 1.807) is 34.6 Å². The van der Waals surface area contributed by atoms with Crippen LogP contribution in [0.3, 0.4) is 0 Å². The van der Waals surface area contributed by atoms with Gasteiger partial charge in [0.25, 0.3) is 0 Å². The molecule has 1 aromatic carbocycles. The maximum absolute atomic E-state index is 15.3. The molecule has 1 atom stereocenters. The van der Waals surface area contributed by atoms with Gasteiger partial charge in [0.05, 0.1) is 27.0 Å². The van der Waals surface area contributed by atoms with Crippen molar-refractivity contribution in [1.29, 1.82) is 0 Å². The molecule has 40 heavy (non-hydrogen) atoms. The lowest BCUT2D eigenvalue weighted by Gasteiger charge is -2.30. The van der Waals surface area contributed by atoms with E-state index in [4.69, 9.17) is 9.47 Å². The lowest BCUT2D eigenvalue weighted by Crippen LogP contribution is -2.42. The van der Waals surface area contributed by atoms with Crippen LogP contribution >= 0.6 is 11.3 Å². The minimum Gasteiger partial charge on any atom is -0.447 e. The van der Waals surface area contributed by atoms with Crippen LogP contribution < -0.4 is 15.4 Å². The summed E-state index contributed by atoms with van der Waals surface area (Å²) < 4.78 is 55.2. The van der Waals surface area contributed by atoms with Crippen molar-refractivity contribution in [1.82, 2.24) is 15.0 Å². The quantitative estimate of drug-likeness (QED) is 0.270. The van der Waals surface area contributed by atoms with Gasteiger partial charge in [-0.2, -0.15) is 4.39 Å². The number of aromatic nitrogens is 1. The molecule has 1 aromatic heterocycles. The van der Waals surface area contributed by atoms with Crippen LogP contribution in [0.25, 0.3) is 10.4 Å². The minimum atomic E-state index is -4.11. The number of sulfonamides is 1. The predicted octanol–water partition coefficient (Wildman–Crippen LogP) is 5.30. The van der Waals surface area contributed by atoms with Gasteiger partial charge in [0.2, 0.25) is 22.4 Å². The van der Waals surface area contributed by atoms with Crippen LogP contribution in [0.15, 0.2) is 23.1 Å².